The third kappa shape index (κ3) is 6.31. The highest BCUT2D eigenvalue weighted by molar-refractivity contribution is 6.14. The van der Waals surface area contributed by atoms with Gasteiger partial charge in [-0.25, -0.2) is 4.79 Å². The van der Waals surface area contributed by atoms with E-state index in [1.807, 2.05) is 82.3 Å². The Labute approximate surface area is 228 Å². The van der Waals surface area contributed by atoms with Gasteiger partial charge >= 0.3 is 12.1 Å². The number of carbonyl (C=O) groups is 3. The maximum atomic E-state index is 13.7. The van der Waals surface area contributed by atoms with Crippen molar-refractivity contribution < 1.29 is 32.7 Å². The summed E-state index contributed by atoms with van der Waals surface area (Å²) in [6.45, 7) is 2.24. The smallest absolute Gasteiger partial charge is 0.475 e. The number of halogens is 3. The van der Waals surface area contributed by atoms with E-state index in [4.69, 9.17) is 9.90 Å². The van der Waals surface area contributed by atoms with Crippen molar-refractivity contribution in [3.05, 3.63) is 102 Å². The van der Waals surface area contributed by atoms with Crippen molar-refractivity contribution in [2.45, 2.75) is 32.2 Å². The van der Waals surface area contributed by atoms with E-state index in [9.17, 15) is 22.8 Å². The number of carbonyl (C=O) groups excluding carboxylic acids is 2. The molecule has 0 saturated carbocycles. The number of alkyl halides is 3. The summed E-state index contributed by atoms with van der Waals surface area (Å²) in [5.41, 5.74) is 3.11. The van der Waals surface area contributed by atoms with Crippen molar-refractivity contribution in [1.29, 1.82) is 0 Å². The number of nitrogens with zero attached hydrogens (tertiary/aromatic N) is 4. The lowest BCUT2D eigenvalue weighted by molar-refractivity contribution is -0.192. The number of amides is 2. The Morgan fingerprint density at radius 3 is 2.20 bits per heavy atom. The van der Waals surface area contributed by atoms with Crippen LogP contribution in [0.15, 0.2) is 79.0 Å². The molecule has 40 heavy (non-hydrogen) atoms. The van der Waals surface area contributed by atoms with E-state index < -0.39 is 12.1 Å². The second kappa shape index (κ2) is 12.0. The first-order chi connectivity index (χ1) is 19.1. The summed E-state index contributed by atoms with van der Waals surface area (Å²) in [5, 5.41) is 8.78. The van der Waals surface area contributed by atoms with Gasteiger partial charge in [-0.15, -0.1) is 0 Å². The second-order valence-electron chi connectivity index (χ2n) is 9.25. The fourth-order valence-electron chi connectivity index (χ4n) is 4.60. The molecule has 0 aliphatic carbocycles. The minimum atomic E-state index is -5.08. The van der Waals surface area contributed by atoms with Crippen molar-refractivity contribution in [2.24, 2.45) is 0 Å². The number of benzene rings is 2. The average Bonchev–Trinajstić information content (AvgIpc) is 3.17. The highest BCUT2D eigenvalue weighted by atomic mass is 19.4. The van der Waals surface area contributed by atoms with Crippen LogP contribution in [0.25, 0.3) is 10.8 Å². The van der Waals surface area contributed by atoms with E-state index in [1.165, 1.54) is 0 Å². The molecular formula is C29H27F3N4O4. The van der Waals surface area contributed by atoms with Gasteiger partial charge < -0.3 is 19.5 Å². The largest absolute Gasteiger partial charge is 0.490 e. The maximum Gasteiger partial charge on any atom is 0.490 e. The summed E-state index contributed by atoms with van der Waals surface area (Å²) in [6.07, 6.45) is -2.57. The summed E-state index contributed by atoms with van der Waals surface area (Å²) < 4.78 is 33.7. The molecular weight excluding hydrogens is 525 g/mol. The molecule has 0 spiro atoms. The number of hydrogen-bond donors (Lipinski definition) is 1. The van der Waals surface area contributed by atoms with Crippen LogP contribution >= 0.6 is 0 Å². The number of pyridine rings is 1. The molecule has 1 aliphatic heterocycles. The predicted octanol–water partition coefficient (Wildman–Crippen LogP) is 4.99. The van der Waals surface area contributed by atoms with Gasteiger partial charge in [-0.2, -0.15) is 13.2 Å². The third-order valence-corrected chi connectivity index (χ3v) is 6.41. The van der Waals surface area contributed by atoms with E-state index >= 15 is 0 Å². The number of hydrogen-bond acceptors (Lipinski definition) is 4. The molecule has 3 heterocycles. The number of rotatable bonds is 5. The third-order valence-electron chi connectivity index (χ3n) is 6.41. The minimum Gasteiger partial charge on any atom is -0.475 e. The Morgan fingerprint density at radius 1 is 0.950 bits per heavy atom. The fourth-order valence-corrected chi connectivity index (χ4v) is 4.60. The van der Waals surface area contributed by atoms with Crippen LogP contribution in [0, 0.1) is 0 Å². The van der Waals surface area contributed by atoms with Crippen LogP contribution in [0.3, 0.4) is 0 Å². The normalized spacial score (nSPS) is 13.2. The van der Waals surface area contributed by atoms with Gasteiger partial charge in [0.05, 0.1) is 12.2 Å². The van der Waals surface area contributed by atoms with Crippen LogP contribution in [0.1, 0.15) is 38.7 Å². The molecule has 0 atom stereocenters. The molecule has 0 bridgehead atoms. The van der Waals surface area contributed by atoms with E-state index in [0.717, 1.165) is 28.5 Å². The number of aromatic nitrogens is 2. The lowest BCUT2D eigenvalue weighted by Crippen LogP contribution is -2.31. The summed E-state index contributed by atoms with van der Waals surface area (Å²) in [4.78, 5) is 44.2. The quantitative estimate of drug-likeness (QED) is 0.377. The highest BCUT2D eigenvalue weighted by Crippen LogP contribution is 2.31. The van der Waals surface area contributed by atoms with Gasteiger partial charge in [0, 0.05) is 43.7 Å². The zero-order valence-corrected chi connectivity index (χ0v) is 21.6. The molecule has 2 aromatic heterocycles. The number of carboxylic acid groups (broad SMARTS) is 1. The average molecular weight is 553 g/mol. The predicted molar refractivity (Wildman–Crippen MR) is 141 cm³/mol. The van der Waals surface area contributed by atoms with Gasteiger partial charge in [-0.05, 0) is 24.1 Å². The molecule has 1 aliphatic rings. The van der Waals surface area contributed by atoms with Crippen LogP contribution in [-0.4, -0.2) is 62.0 Å². The van der Waals surface area contributed by atoms with Gasteiger partial charge in [-0.1, -0.05) is 60.7 Å². The number of aliphatic carboxylic acids is 1. The van der Waals surface area contributed by atoms with Gasteiger partial charge in [0.1, 0.15) is 11.4 Å². The van der Waals surface area contributed by atoms with Crippen LogP contribution in [0.2, 0.25) is 0 Å². The Kier molecular flexibility index (Phi) is 8.52. The molecule has 0 radical (unpaired) electrons. The Balaban J connectivity index is 0.000000470. The summed E-state index contributed by atoms with van der Waals surface area (Å²) in [7, 11) is 1.78. The van der Waals surface area contributed by atoms with Crippen LogP contribution in [0.5, 0.6) is 0 Å². The zero-order chi connectivity index (χ0) is 28.9. The lowest BCUT2D eigenvalue weighted by atomic mass is 10.1. The first kappa shape index (κ1) is 28.3. The molecule has 8 nitrogen and oxygen atoms in total. The Hall–Kier alpha value is -4.67. The Bertz CT molecular complexity index is 1490. The van der Waals surface area contributed by atoms with E-state index in [1.54, 1.807) is 18.1 Å². The van der Waals surface area contributed by atoms with Gasteiger partial charge in [-0.3, -0.25) is 14.6 Å². The van der Waals surface area contributed by atoms with Crippen molar-refractivity contribution >= 4 is 28.6 Å². The molecule has 0 saturated heterocycles. The standard InChI is InChI=1S/C27H26N4O2.C2HF3O2/c1-29(19-21-12-7-8-15-28-21)26(32)24-22-13-5-6-14-23(22)25-27(33)30(16-9-17-31(24)25)18-20-10-3-2-4-11-20;3-2(4,5)1(6)7/h2-8,10-15H,9,16-19H2,1H3;(H,6,7). The fraction of sp³-hybridized carbons (Fsp3) is 0.241. The molecule has 11 heteroatoms. The minimum absolute atomic E-state index is 0.0287. The number of carboxylic acids is 1. The van der Waals surface area contributed by atoms with Crippen LogP contribution in [0.4, 0.5) is 13.2 Å². The van der Waals surface area contributed by atoms with Crippen molar-refractivity contribution in [3.8, 4) is 0 Å². The molecule has 208 valence electrons. The maximum absolute atomic E-state index is 13.7. The van der Waals surface area contributed by atoms with Crippen LogP contribution < -0.4 is 0 Å². The Morgan fingerprint density at radius 2 is 1.57 bits per heavy atom. The summed E-state index contributed by atoms with van der Waals surface area (Å²) in [5.74, 6) is -2.89. The van der Waals surface area contributed by atoms with Gasteiger partial charge in [0.15, 0.2) is 0 Å². The molecule has 5 rings (SSSR count). The molecule has 1 N–H and O–H groups in total. The molecule has 2 amide bonds. The number of fused-ring (bicyclic) bond motifs is 3. The molecule has 4 aromatic rings. The second-order valence-corrected chi connectivity index (χ2v) is 9.25. The first-order valence-corrected chi connectivity index (χ1v) is 12.5. The molecule has 2 aromatic carbocycles. The summed E-state index contributed by atoms with van der Waals surface area (Å²) >= 11 is 0. The monoisotopic (exact) mass is 552 g/mol. The van der Waals surface area contributed by atoms with Gasteiger partial charge in [0.2, 0.25) is 0 Å². The SMILES string of the molecule is CN(Cc1ccccn1)C(=O)c1c2ccccc2c2n1CCCN(Cc1ccccc1)C2=O.O=C(O)C(F)(F)F. The van der Waals surface area contributed by atoms with E-state index in [0.29, 0.717) is 37.6 Å². The van der Waals surface area contributed by atoms with Crippen molar-refractivity contribution in [2.75, 3.05) is 13.6 Å². The molecule has 0 fully saturated rings. The van der Waals surface area contributed by atoms with E-state index in [2.05, 4.69) is 4.98 Å². The lowest BCUT2D eigenvalue weighted by Gasteiger charge is -2.20. The van der Waals surface area contributed by atoms with Crippen LogP contribution in [-0.2, 0) is 24.4 Å². The van der Waals surface area contributed by atoms with Gasteiger partial charge in [0.25, 0.3) is 11.8 Å². The highest BCUT2D eigenvalue weighted by Gasteiger charge is 2.38. The first-order valence-electron chi connectivity index (χ1n) is 12.5. The van der Waals surface area contributed by atoms with Crippen molar-refractivity contribution in [3.63, 3.8) is 0 Å². The zero-order valence-electron chi connectivity index (χ0n) is 21.6. The molecule has 0 unspecified atom stereocenters. The van der Waals surface area contributed by atoms with E-state index in [-0.39, 0.29) is 11.8 Å². The summed E-state index contributed by atoms with van der Waals surface area (Å²) in [6, 6.07) is 23.4. The topological polar surface area (TPSA) is 95.7 Å². The van der Waals surface area contributed by atoms with Crippen molar-refractivity contribution in [1.82, 2.24) is 19.4 Å².